The van der Waals surface area contributed by atoms with Crippen molar-refractivity contribution in [3.8, 4) is 0 Å². The molecule has 2 amide bonds. The van der Waals surface area contributed by atoms with E-state index in [1.54, 1.807) is 6.92 Å². The quantitative estimate of drug-likeness (QED) is 0.284. The fourth-order valence-corrected chi connectivity index (χ4v) is 4.81. The first kappa shape index (κ1) is 31.4. The molecule has 0 aliphatic heterocycles. The molecule has 0 fully saturated rings. The van der Waals surface area contributed by atoms with Crippen LogP contribution in [0.1, 0.15) is 44.2 Å². The average Bonchev–Trinajstić information content (AvgIpc) is 2.82. The highest BCUT2D eigenvalue weighted by Gasteiger charge is 2.35. The standard InChI is InChI=1S/C25H30ClF4N3O4S/c1-4-6-13-31-24(35)21(5-2)32(15-17-7-10-19(27)11-8-17)23(34)16-33(38(3,36)37)22-14-18(25(28,29)30)9-12-20(22)26/h7-12,14,21H,4-6,13,15-16H2,1-3H3,(H,31,35)/t21-/m0/s1. The highest BCUT2D eigenvalue weighted by molar-refractivity contribution is 7.92. The Morgan fingerprint density at radius 3 is 2.24 bits per heavy atom. The number of unbranched alkanes of at least 4 members (excludes halogenated alkanes) is 1. The number of anilines is 1. The maximum atomic E-state index is 13.6. The maximum Gasteiger partial charge on any atom is 0.416 e. The van der Waals surface area contributed by atoms with Gasteiger partial charge >= 0.3 is 6.18 Å². The Hall–Kier alpha value is -2.86. The van der Waals surface area contributed by atoms with Crippen molar-refractivity contribution in [2.24, 2.45) is 0 Å². The third-order valence-corrected chi connectivity index (χ3v) is 7.15. The van der Waals surface area contributed by atoms with Gasteiger partial charge in [-0.1, -0.05) is 44.0 Å². The second-order valence-electron chi connectivity index (χ2n) is 8.65. The summed E-state index contributed by atoms with van der Waals surface area (Å²) in [6.07, 6.45) is -2.38. The molecule has 0 saturated heterocycles. The van der Waals surface area contributed by atoms with E-state index in [0.29, 0.717) is 35.0 Å². The summed E-state index contributed by atoms with van der Waals surface area (Å²) in [4.78, 5) is 27.7. The van der Waals surface area contributed by atoms with Crippen molar-refractivity contribution in [3.05, 3.63) is 64.4 Å². The van der Waals surface area contributed by atoms with Crippen LogP contribution in [-0.4, -0.2) is 50.5 Å². The molecule has 0 unspecified atom stereocenters. The molecule has 7 nitrogen and oxygen atoms in total. The molecule has 0 bridgehead atoms. The zero-order valence-electron chi connectivity index (χ0n) is 21.2. The fraction of sp³-hybridized carbons (Fsp3) is 0.440. The number of nitrogens with one attached hydrogen (secondary N) is 1. The second kappa shape index (κ2) is 13.3. The van der Waals surface area contributed by atoms with Crippen LogP contribution in [0.3, 0.4) is 0 Å². The summed E-state index contributed by atoms with van der Waals surface area (Å²) in [5.74, 6) is -1.84. The molecule has 13 heteroatoms. The van der Waals surface area contributed by atoms with Gasteiger partial charge in [-0.3, -0.25) is 13.9 Å². The molecule has 2 rings (SSSR count). The Labute approximate surface area is 224 Å². The minimum atomic E-state index is -4.79. The number of carbonyl (C=O) groups excluding carboxylic acids is 2. The van der Waals surface area contributed by atoms with Gasteiger partial charge in [0.2, 0.25) is 21.8 Å². The number of rotatable bonds is 12. The first-order valence-electron chi connectivity index (χ1n) is 11.8. The number of hydrogen-bond donors (Lipinski definition) is 1. The van der Waals surface area contributed by atoms with Crippen molar-refractivity contribution in [2.45, 2.75) is 51.9 Å². The number of alkyl halides is 3. The van der Waals surface area contributed by atoms with Crippen LogP contribution >= 0.6 is 11.6 Å². The number of amides is 2. The lowest BCUT2D eigenvalue weighted by Crippen LogP contribution is -2.52. The summed E-state index contributed by atoms with van der Waals surface area (Å²) in [6.45, 7) is 2.87. The summed E-state index contributed by atoms with van der Waals surface area (Å²) in [5.41, 5.74) is -1.22. The van der Waals surface area contributed by atoms with Gasteiger partial charge in [0.05, 0.1) is 22.5 Å². The van der Waals surface area contributed by atoms with E-state index in [1.807, 2.05) is 6.92 Å². The number of benzene rings is 2. The van der Waals surface area contributed by atoms with Crippen molar-refractivity contribution in [2.75, 3.05) is 23.7 Å². The average molecular weight is 580 g/mol. The van der Waals surface area contributed by atoms with Crippen LogP contribution in [0.15, 0.2) is 42.5 Å². The first-order valence-corrected chi connectivity index (χ1v) is 14.1. The van der Waals surface area contributed by atoms with Gasteiger partial charge in [0.15, 0.2) is 0 Å². The first-order chi connectivity index (χ1) is 17.7. The Balaban J connectivity index is 2.50. The fourth-order valence-electron chi connectivity index (χ4n) is 3.69. The molecule has 210 valence electrons. The third kappa shape index (κ3) is 8.59. The number of carbonyl (C=O) groups is 2. The van der Waals surface area contributed by atoms with Gasteiger partial charge in [-0.25, -0.2) is 12.8 Å². The van der Waals surface area contributed by atoms with E-state index in [0.717, 1.165) is 23.6 Å². The highest BCUT2D eigenvalue weighted by Crippen LogP contribution is 2.36. The molecular weight excluding hydrogens is 550 g/mol. The van der Waals surface area contributed by atoms with E-state index in [-0.39, 0.29) is 18.0 Å². The minimum Gasteiger partial charge on any atom is -0.354 e. The van der Waals surface area contributed by atoms with Gasteiger partial charge in [-0.15, -0.1) is 0 Å². The van der Waals surface area contributed by atoms with Crippen LogP contribution in [-0.2, 0) is 32.3 Å². The van der Waals surface area contributed by atoms with Crippen LogP contribution in [0.4, 0.5) is 23.2 Å². The summed E-state index contributed by atoms with van der Waals surface area (Å²) in [5, 5.41) is 2.43. The van der Waals surface area contributed by atoms with Gasteiger partial charge in [-0.05, 0) is 48.7 Å². The van der Waals surface area contributed by atoms with E-state index >= 15 is 0 Å². The molecule has 1 N–H and O–H groups in total. The largest absolute Gasteiger partial charge is 0.416 e. The zero-order valence-corrected chi connectivity index (χ0v) is 22.8. The number of hydrogen-bond acceptors (Lipinski definition) is 4. The van der Waals surface area contributed by atoms with Crippen LogP contribution in [0, 0.1) is 5.82 Å². The van der Waals surface area contributed by atoms with Crippen LogP contribution in [0.2, 0.25) is 5.02 Å². The van der Waals surface area contributed by atoms with Gasteiger partial charge in [0.1, 0.15) is 18.4 Å². The topological polar surface area (TPSA) is 86.8 Å². The number of halogens is 5. The molecule has 38 heavy (non-hydrogen) atoms. The molecule has 0 radical (unpaired) electrons. The second-order valence-corrected chi connectivity index (χ2v) is 11.0. The molecule has 0 aliphatic rings. The van der Waals surface area contributed by atoms with Crippen molar-refractivity contribution in [1.82, 2.24) is 10.2 Å². The molecule has 1 atom stereocenters. The van der Waals surface area contributed by atoms with Crippen LogP contribution < -0.4 is 9.62 Å². The van der Waals surface area contributed by atoms with Gasteiger partial charge in [0.25, 0.3) is 0 Å². The molecule has 0 saturated carbocycles. The maximum absolute atomic E-state index is 13.6. The predicted molar refractivity (Wildman–Crippen MR) is 138 cm³/mol. The molecule has 0 aliphatic carbocycles. The lowest BCUT2D eigenvalue weighted by atomic mass is 10.1. The van der Waals surface area contributed by atoms with Crippen LogP contribution in [0.25, 0.3) is 0 Å². The molecule has 2 aromatic carbocycles. The lowest BCUT2D eigenvalue weighted by Gasteiger charge is -2.33. The number of nitrogens with zero attached hydrogens (tertiary/aromatic N) is 2. The van der Waals surface area contributed by atoms with Gasteiger partial charge in [-0.2, -0.15) is 13.2 Å². The predicted octanol–water partition coefficient (Wildman–Crippen LogP) is 4.99. The molecule has 2 aromatic rings. The summed E-state index contributed by atoms with van der Waals surface area (Å²) < 4.78 is 79.2. The molecular formula is C25H30ClF4N3O4S. The normalized spacial score (nSPS) is 12.6. The Kier molecular flexibility index (Phi) is 11.0. The van der Waals surface area contributed by atoms with Gasteiger partial charge < -0.3 is 10.2 Å². The molecule has 0 heterocycles. The molecule has 0 aromatic heterocycles. The van der Waals surface area contributed by atoms with Crippen molar-refractivity contribution in [3.63, 3.8) is 0 Å². The summed E-state index contributed by atoms with van der Waals surface area (Å²) >= 11 is 6.07. The lowest BCUT2D eigenvalue weighted by molar-refractivity contribution is -0.140. The van der Waals surface area contributed by atoms with E-state index in [4.69, 9.17) is 11.6 Å². The Morgan fingerprint density at radius 1 is 1.08 bits per heavy atom. The smallest absolute Gasteiger partial charge is 0.354 e. The minimum absolute atomic E-state index is 0.161. The highest BCUT2D eigenvalue weighted by atomic mass is 35.5. The van der Waals surface area contributed by atoms with Gasteiger partial charge in [0, 0.05) is 13.1 Å². The van der Waals surface area contributed by atoms with Crippen LogP contribution in [0.5, 0.6) is 0 Å². The van der Waals surface area contributed by atoms with E-state index < -0.39 is 57.7 Å². The van der Waals surface area contributed by atoms with E-state index in [2.05, 4.69) is 5.32 Å². The monoisotopic (exact) mass is 579 g/mol. The summed E-state index contributed by atoms with van der Waals surface area (Å²) in [7, 11) is -4.30. The Morgan fingerprint density at radius 2 is 1.71 bits per heavy atom. The third-order valence-electron chi connectivity index (χ3n) is 5.70. The molecule has 0 spiro atoms. The SMILES string of the molecule is CCCCNC(=O)[C@H](CC)N(Cc1ccc(F)cc1)C(=O)CN(c1cc(C(F)(F)F)ccc1Cl)S(C)(=O)=O. The zero-order chi connectivity index (χ0) is 28.7. The Bertz CT molecular complexity index is 1220. The van der Waals surface area contributed by atoms with E-state index in [1.165, 1.54) is 24.3 Å². The van der Waals surface area contributed by atoms with E-state index in [9.17, 15) is 35.6 Å². The number of sulfonamides is 1. The van der Waals surface area contributed by atoms with Crippen molar-refractivity contribution < 1.29 is 35.6 Å². The van der Waals surface area contributed by atoms with Crippen molar-refractivity contribution >= 4 is 39.1 Å². The summed E-state index contributed by atoms with van der Waals surface area (Å²) in [6, 6.07) is 6.29. The van der Waals surface area contributed by atoms with Crippen molar-refractivity contribution in [1.29, 1.82) is 0 Å².